The van der Waals surface area contributed by atoms with Gasteiger partial charge in [0.15, 0.2) is 0 Å². The average molecular weight is 255 g/mol. The Labute approximate surface area is 112 Å². The predicted octanol–water partition coefficient (Wildman–Crippen LogP) is 2.29. The van der Waals surface area contributed by atoms with Crippen molar-refractivity contribution in [3.05, 3.63) is 0 Å². The fourth-order valence-corrected chi connectivity index (χ4v) is 3.52. The van der Waals surface area contributed by atoms with Crippen molar-refractivity contribution in [2.45, 2.75) is 52.6 Å². The maximum absolute atomic E-state index is 9.97. The van der Waals surface area contributed by atoms with E-state index in [9.17, 15) is 5.11 Å². The van der Waals surface area contributed by atoms with E-state index in [4.69, 9.17) is 4.74 Å². The summed E-state index contributed by atoms with van der Waals surface area (Å²) < 4.78 is 5.48. The zero-order chi connectivity index (χ0) is 13.2. The SMILES string of the molecule is CC1(C)CC(O)CCN(CC2(C)CCOCC2)C1. The third-order valence-corrected chi connectivity index (χ3v) is 4.52. The molecule has 1 N–H and O–H groups in total. The molecule has 3 nitrogen and oxygen atoms in total. The Morgan fingerprint density at radius 1 is 1.22 bits per heavy atom. The van der Waals surface area contributed by atoms with Gasteiger partial charge < -0.3 is 14.7 Å². The Bertz CT molecular complexity index is 272. The summed E-state index contributed by atoms with van der Waals surface area (Å²) in [5.74, 6) is 0. The highest BCUT2D eigenvalue weighted by Gasteiger charge is 2.34. The highest BCUT2D eigenvalue weighted by atomic mass is 16.5. The zero-order valence-corrected chi connectivity index (χ0v) is 12.2. The maximum Gasteiger partial charge on any atom is 0.0558 e. The molecular formula is C15H29NO2. The van der Waals surface area contributed by atoms with Crippen LogP contribution in [0.3, 0.4) is 0 Å². The van der Waals surface area contributed by atoms with Gasteiger partial charge in [0.05, 0.1) is 6.10 Å². The van der Waals surface area contributed by atoms with Crippen molar-refractivity contribution in [1.82, 2.24) is 4.90 Å². The van der Waals surface area contributed by atoms with Crippen LogP contribution >= 0.6 is 0 Å². The minimum Gasteiger partial charge on any atom is -0.393 e. The first-order valence-electron chi connectivity index (χ1n) is 7.37. The molecule has 2 fully saturated rings. The van der Waals surface area contributed by atoms with Crippen LogP contribution in [0.4, 0.5) is 0 Å². The van der Waals surface area contributed by atoms with Gasteiger partial charge in [0, 0.05) is 32.8 Å². The Kier molecular flexibility index (Phi) is 4.35. The Morgan fingerprint density at radius 3 is 2.56 bits per heavy atom. The van der Waals surface area contributed by atoms with Gasteiger partial charge in [-0.3, -0.25) is 0 Å². The number of hydrogen-bond acceptors (Lipinski definition) is 3. The molecule has 0 aromatic heterocycles. The molecule has 0 amide bonds. The van der Waals surface area contributed by atoms with Gasteiger partial charge in [0.1, 0.15) is 0 Å². The quantitative estimate of drug-likeness (QED) is 0.822. The lowest BCUT2D eigenvalue weighted by molar-refractivity contribution is 0.00119. The molecule has 0 spiro atoms. The van der Waals surface area contributed by atoms with Crippen LogP contribution < -0.4 is 0 Å². The number of aliphatic hydroxyl groups excluding tert-OH is 1. The molecule has 0 radical (unpaired) electrons. The molecule has 2 heterocycles. The van der Waals surface area contributed by atoms with Gasteiger partial charge >= 0.3 is 0 Å². The second-order valence-corrected chi connectivity index (χ2v) is 7.44. The van der Waals surface area contributed by atoms with E-state index in [1.54, 1.807) is 0 Å². The van der Waals surface area contributed by atoms with E-state index >= 15 is 0 Å². The third-order valence-electron chi connectivity index (χ3n) is 4.52. The molecule has 106 valence electrons. The van der Waals surface area contributed by atoms with E-state index < -0.39 is 0 Å². The van der Waals surface area contributed by atoms with Crippen LogP contribution in [0.5, 0.6) is 0 Å². The zero-order valence-electron chi connectivity index (χ0n) is 12.2. The molecule has 3 heteroatoms. The van der Waals surface area contributed by atoms with Crippen LogP contribution in [0.25, 0.3) is 0 Å². The fraction of sp³-hybridized carbons (Fsp3) is 1.00. The van der Waals surface area contributed by atoms with Crippen molar-refractivity contribution in [1.29, 1.82) is 0 Å². The van der Waals surface area contributed by atoms with Gasteiger partial charge in [-0.15, -0.1) is 0 Å². The molecule has 0 aromatic rings. The van der Waals surface area contributed by atoms with E-state index in [1.165, 1.54) is 12.8 Å². The second kappa shape index (κ2) is 5.48. The second-order valence-electron chi connectivity index (χ2n) is 7.44. The van der Waals surface area contributed by atoms with Gasteiger partial charge in [-0.2, -0.15) is 0 Å². The fourth-order valence-electron chi connectivity index (χ4n) is 3.52. The molecule has 2 saturated heterocycles. The van der Waals surface area contributed by atoms with Crippen LogP contribution in [-0.4, -0.2) is 49.0 Å². The van der Waals surface area contributed by atoms with Crippen LogP contribution in [0.1, 0.15) is 46.5 Å². The summed E-state index contributed by atoms with van der Waals surface area (Å²) in [7, 11) is 0. The molecule has 1 atom stereocenters. The Hall–Kier alpha value is -0.120. The van der Waals surface area contributed by atoms with Gasteiger partial charge in [-0.25, -0.2) is 0 Å². The van der Waals surface area contributed by atoms with Crippen molar-refractivity contribution in [3.63, 3.8) is 0 Å². The van der Waals surface area contributed by atoms with Crippen molar-refractivity contribution >= 4 is 0 Å². The number of likely N-dealkylation sites (tertiary alicyclic amines) is 1. The largest absolute Gasteiger partial charge is 0.393 e. The summed E-state index contributed by atoms with van der Waals surface area (Å²) in [6.45, 7) is 12.1. The van der Waals surface area contributed by atoms with Crippen molar-refractivity contribution < 1.29 is 9.84 Å². The summed E-state index contributed by atoms with van der Waals surface area (Å²) >= 11 is 0. The lowest BCUT2D eigenvalue weighted by atomic mass is 9.81. The van der Waals surface area contributed by atoms with E-state index in [2.05, 4.69) is 25.7 Å². The standard InChI is InChI=1S/C15H29NO2/c1-14(2)10-13(17)4-7-16(11-14)12-15(3)5-8-18-9-6-15/h13,17H,4-12H2,1-3H3. The summed E-state index contributed by atoms with van der Waals surface area (Å²) in [6.07, 6.45) is 4.09. The first kappa shape index (κ1) is 14.3. The molecule has 2 aliphatic rings. The lowest BCUT2D eigenvalue weighted by Gasteiger charge is -2.39. The summed E-state index contributed by atoms with van der Waals surface area (Å²) in [4.78, 5) is 2.57. The Morgan fingerprint density at radius 2 is 1.89 bits per heavy atom. The molecular weight excluding hydrogens is 226 g/mol. The molecule has 1 unspecified atom stereocenters. The van der Waals surface area contributed by atoms with Crippen LogP contribution in [0.15, 0.2) is 0 Å². The number of ether oxygens (including phenoxy) is 1. The van der Waals surface area contributed by atoms with Crippen molar-refractivity contribution in [3.8, 4) is 0 Å². The molecule has 0 aliphatic carbocycles. The molecule has 0 bridgehead atoms. The molecule has 0 aromatic carbocycles. The van der Waals surface area contributed by atoms with E-state index in [-0.39, 0.29) is 11.5 Å². The van der Waals surface area contributed by atoms with E-state index in [1.807, 2.05) is 0 Å². The smallest absolute Gasteiger partial charge is 0.0558 e. The topological polar surface area (TPSA) is 32.7 Å². The molecule has 2 aliphatic heterocycles. The molecule has 18 heavy (non-hydrogen) atoms. The highest BCUT2D eigenvalue weighted by molar-refractivity contribution is 4.87. The first-order valence-corrected chi connectivity index (χ1v) is 7.37. The van der Waals surface area contributed by atoms with Gasteiger partial charge in [-0.1, -0.05) is 20.8 Å². The summed E-state index contributed by atoms with van der Waals surface area (Å²) in [5.41, 5.74) is 0.640. The van der Waals surface area contributed by atoms with Crippen molar-refractivity contribution in [2.75, 3.05) is 32.8 Å². The summed E-state index contributed by atoms with van der Waals surface area (Å²) in [5, 5.41) is 9.97. The minimum absolute atomic E-state index is 0.118. The van der Waals surface area contributed by atoms with Crippen LogP contribution in [0.2, 0.25) is 0 Å². The molecule has 0 saturated carbocycles. The maximum atomic E-state index is 9.97. The monoisotopic (exact) mass is 255 g/mol. The van der Waals surface area contributed by atoms with Gasteiger partial charge in [0.25, 0.3) is 0 Å². The number of rotatable bonds is 2. The van der Waals surface area contributed by atoms with Crippen LogP contribution in [-0.2, 0) is 4.74 Å². The van der Waals surface area contributed by atoms with Crippen LogP contribution in [0, 0.1) is 10.8 Å². The van der Waals surface area contributed by atoms with E-state index in [0.29, 0.717) is 5.41 Å². The lowest BCUT2D eigenvalue weighted by Crippen LogP contribution is -2.42. The highest BCUT2D eigenvalue weighted by Crippen LogP contribution is 2.34. The normalized spacial score (nSPS) is 33.0. The predicted molar refractivity (Wildman–Crippen MR) is 73.6 cm³/mol. The Balaban J connectivity index is 1.95. The third kappa shape index (κ3) is 3.94. The minimum atomic E-state index is -0.118. The van der Waals surface area contributed by atoms with E-state index in [0.717, 1.165) is 45.7 Å². The first-order chi connectivity index (χ1) is 8.39. The van der Waals surface area contributed by atoms with Crippen molar-refractivity contribution in [2.24, 2.45) is 10.8 Å². The number of hydrogen-bond donors (Lipinski definition) is 1. The summed E-state index contributed by atoms with van der Waals surface area (Å²) in [6, 6.07) is 0. The molecule has 2 rings (SSSR count). The van der Waals surface area contributed by atoms with Gasteiger partial charge in [-0.05, 0) is 36.5 Å². The number of nitrogens with zero attached hydrogens (tertiary/aromatic N) is 1. The number of aliphatic hydroxyl groups is 1. The van der Waals surface area contributed by atoms with Gasteiger partial charge in [0.2, 0.25) is 0 Å². The average Bonchev–Trinajstić information content (AvgIpc) is 2.36.